The predicted molar refractivity (Wildman–Crippen MR) is 66.5 cm³/mol. The van der Waals surface area contributed by atoms with E-state index in [1.54, 1.807) is 0 Å². The van der Waals surface area contributed by atoms with Crippen LogP contribution in [-0.2, 0) is 4.79 Å². The first-order chi connectivity index (χ1) is 8.26. The second kappa shape index (κ2) is 5.83. The molecule has 0 spiro atoms. The lowest BCUT2D eigenvalue weighted by atomic mass is 9.93. The van der Waals surface area contributed by atoms with Crippen LogP contribution in [0.15, 0.2) is 0 Å². The number of nitrogens with one attached hydrogen (secondary N) is 2. The van der Waals surface area contributed by atoms with Gasteiger partial charge >= 0.3 is 0 Å². The molecule has 4 heteroatoms. The number of hydrogen-bond acceptors (Lipinski definition) is 3. The Morgan fingerprint density at radius 1 is 1.53 bits per heavy atom. The second-order valence-electron chi connectivity index (χ2n) is 5.37. The van der Waals surface area contributed by atoms with Gasteiger partial charge in [0.05, 0.1) is 6.04 Å². The number of hydrogen-bond donors (Lipinski definition) is 3. The fourth-order valence-electron chi connectivity index (χ4n) is 3.30. The lowest BCUT2D eigenvalue weighted by Gasteiger charge is -2.22. The van der Waals surface area contributed by atoms with E-state index < -0.39 is 0 Å². The summed E-state index contributed by atoms with van der Waals surface area (Å²) in [6, 6.07) is 0.130. The summed E-state index contributed by atoms with van der Waals surface area (Å²) in [5, 5.41) is 15.3. The Kier molecular flexibility index (Phi) is 4.40. The Hall–Kier alpha value is -0.610. The van der Waals surface area contributed by atoms with Gasteiger partial charge < -0.3 is 15.7 Å². The average Bonchev–Trinajstić information content (AvgIpc) is 2.89. The molecule has 2 rings (SSSR count). The average molecular weight is 240 g/mol. The first-order valence-corrected chi connectivity index (χ1v) is 6.90. The Labute approximate surface area is 103 Å². The molecule has 2 aliphatic rings. The van der Waals surface area contributed by atoms with Gasteiger partial charge in [0.2, 0.25) is 5.91 Å². The maximum atomic E-state index is 12.2. The molecular formula is C13H24N2O2. The van der Waals surface area contributed by atoms with E-state index in [1.165, 1.54) is 19.3 Å². The quantitative estimate of drug-likeness (QED) is 0.661. The molecule has 0 aromatic rings. The van der Waals surface area contributed by atoms with E-state index in [9.17, 15) is 4.79 Å². The highest BCUT2D eigenvalue weighted by Gasteiger charge is 2.42. The summed E-state index contributed by atoms with van der Waals surface area (Å²) < 4.78 is 0. The van der Waals surface area contributed by atoms with Gasteiger partial charge in [0, 0.05) is 12.6 Å². The van der Waals surface area contributed by atoms with Crippen LogP contribution in [0.5, 0.6) is 0 Å². The van der Waals surface area contributed by atoms with Crippen LogP contribution in [-0.4, -0.2) is 36.2 Å². The fourth-order valence-corrected chi connectivity index (χ4v) is 3.30. The Morgan fingerprint density at radius 2 is 2.35 bits per heavy atom. The van der Waals surface area contributed by atoms with Gasteiger partial charge in [0.15, 0.2) is 0 Å². The van der Waals surface area contributed by atoms with Crippen molar-refractivity contribution in [1.29, 1.82) is 0 Å². The van der Waals surface area contributed by atoms with E-state index in [-0.39, 0.29) is 24.6 Å². The van der Waals surface area contributed by atoms with Crippen LogP contribution in [0.4, 0.5) is 0 Å². The topological polar surface area (TPSA) is 61.4 Å². The molecule has 98 valence electrons. The van der Waals surface area contributed by atoms with Crippen molar-refractivity contribution in [3.63, 3.8) is 0 Å². The third-order valence-corrected chi connectivity index (χ3v) is 4.35. The summed E-state index contributed by atoms with van der Waals surface area (Å²) >= 11 is 0. The highest BCUT2D eigenvalue weighted by molar-refractivity contribution is 5.82. The van der Waals surface area contributed by atoms with Gasteiger partial charge in [0.1, 0.15) is 0 Å². The lowest BCUT2D eigenvalue weighted by Crippen LogP contribution is -2.47. The van der Waals surface area contributed by atoms with Crippen molar-refractivity contribution < 1.29 is 9.90 Å². The van der Waals surface area contributed by atoms with Gasteiger partial charge in [0.25, 0.3) is 0 Å². The zero-order valence-electron chi connectivity index (χ0n) is 10.6. The molecule has 0 aromatic heterocycles. The van der Waals surface area contributed by atoms with Crippen molar-refractivity contribution in [1.82, 2.24) is 10.6 Å². The molecule has 1 aliphatic carbocycles. The van der Waals surface area contributed by atoms with Crippen molar-refractivity contribution in [3.8, 4) is 0 Å². The molecule has 0 aromatic carbocycles. The number of carbonyl (C=O) groups excluding carboxylic acids is 1. The molecule has 0 radical (unpaired) electrons. The smallest absolute Gasteiger partial charge is 0.237 e. The molecule has 1 aliphatic heterocycles. The normalized spacial score (nSPS) is 33.4. The van der Waals surface area contributed by atoms with E-state index in [0.717, 1.165) is 13.0 Å². The van der Waals surface area contributed by atoms with Crippen LogP contribution in [0.25, 0.3) is 0 Å². The highest BCUT2D eigenvalue weighted by atomic mass is 16.3. The Balaban J connectivity index is 1.87. The number of fused-ring (bicyclic) bond motifs is 1. The maximum Gasteiger partial charge on any atom is 0.237 e. The van der Waals surface area contributed by atoms with Gasteiger partial charge in [-0.3, -0.25) is 4.79 Å². The minimum atomic E-state index is 0.00948. The molecule has 0 bridgehead atoms. The molecule has 2 fully saturated rings. The maximum absolute atomic E-state index is 12.2. The van der Waals surface area contributed by atoms with E-state index in [4.69, 9.17) is 5.11 Å². The number of aliphatic hydroxyl groups excluding tert-OH is 1. The molecule has 1 heterocycles. The molecule has 4 atom stereocenters. The van der Waals surface area contributed by atoms with Gasteiger partial charge in [-0.1, -0.05) is 13.3 Å². The van der Waals surface area contributed by atoms with Crippen LogP contribution in [0.3, 0.4) is 0 Å². The molecular weight excluding hydrogens is 216 g/mol. The van der Waals surface area contributed by atoms with Gasteiger partial charge in [-0.2, -0.15) is 0 Å². The van der Waals surface area contributed by atoms with Gasteiger partial charge in [-0.05, 0) is 44.1 Å². The van der Waals surface area contributed by atoms with E-state index >= 15 is 0 Å². The zero-order valence-corrected chi connectivity index (χ0v) is 10.6. The lowest BCUT2D eigenvalue weighted by molar-refractivity contribution is -0.124. The minimum Gasteiger partial charge on any atom is -0.396 e. The van der Waals surface area contributed by atoms with Crippen molar-refractivity contribution in [2.24, 2.45) is 11.8 Å². The van der Waals surface area contributed by atoms with Crippen molar-refractivity contribution >= 4 is 5.91 Å². The number of rotatable bonds is 5. The molecule has 17 heavy (non-hydrogen) atoms. The summed E-state index contributed by atoms with van der Waals surface area (Å²) in [7, 11) is 0. The zero-order chi connectivity index (χ0) is 12.3. The molecule has 1 amide bonds. The summed E-state index contributed by atoms with van der Waals surface area (Å²) in [5.41, 5.74) is 0. The predicted octanol–water partition coefficient (Wildman–Crippen LogP) is 0.652. The minimum absolute atomic E-state index is 0.00948. The first kappa shape index (κ1) is 12.8. The number of amides is 1. The summed E-state index contributed by atoms with van der Waals surface area (Å²) in [6.07, 6.45) is 5.27. The standard InChI is InChI=1S/C13H24N2O2/c1-2-10(6-7-16)15-13(17)12-11-5-3-4-9(11)8-14-12/h9-12,14,16H,2-8H2,1H3,(H,15,17). The largest absolute Gasteiger partial charge is 0.396 e. The Morgan fingerprint density at radius 3 is 3.06 bits per heavy atom. The molecule has 1 saturated carbocycles. The van der Waals surface area contributed by atoms with Crippen LogP contribution in [0.2, 0.25) is 0 Å². The molecule has 4 unspecified atom stereocenters. The summed E-state index contributed by atoms with van der Waals surface area (Å²) in [5.74, 6) is 1.39. The van der Waals surface area contributed by atoms with Crippen molar-refractivity contribution in [3.05, 3.63) is 0 Å². The van der Waals surface area contributed by atoms with E-state index in [2.05, 4.69) is 10.6 Å². The van der Waals surface area contributed by atoms with Crippen LogP contribution < -0.4 is 10.6 Å². The number of carbonyl (C=O) groups is 1. The van der Waals surface area contributed by atoms with Gasteiger partial charge in [-0.25, -0.2) is 0 Å². The van der Waals surface area contributed by atoms with E-state index in [1.807, 2.05) is 6.92 Å². The SMILES string of the molecule is CCC(CCO)NC(=O)C1NCC2CCCC21. The van der Waals surface area contributed by atoms with Crippen molar-refractivity contribution in [2.75, 3.05) is 13.2 Å². The first-order valence-electron chi connectivity index (χ1n) is 6.90. The monoisotopic (exact) mass is 240 g/mol. The number of aliphatic hydroxyl groups is 1. The van der Waals surface area contributed by atoms with E-state index in [0.29, 0.717) is 18.3 Å². The summed E-state index contributed by atoms with van der Waals surface area (Å²) in [4.78, 5) is 12.2. The van der Waals surface area contributed by atoms with Crippen LogP contribution in [0.1, 0.15) is 39.0 Å². The third kappa shape index (κ3) is 2.80. The van der Waals surface area contributed by atoms with Crippen LogP contribution in [0, 0.1) is 11.8 Å². The highest BCUT2D eigenvalue weighted by Crippen LogP contribution is 2.37. The Bertz CT molecular complexity index is 270. The molecule has 4 nitrogen and oxygen atoms in total. The van der Waals surface area contributed by atoms with Crippen molar-refractivity contribution in [2.45, 2.75) is 51.1 Å². The summed E-state index contributed by atoms with van der Waals surface area (Å²) in [6.45, 7) is 3.18. The van der Waals surface area contributed by atoms with Crippen LogP contribution >= 0.6 is 0 Å². The second-order valence-corrected chi connectivity index (χ2v) is 5.37. The molecule has 1 saturated heterocycles. The third-order valence-electron chi connectivity index (χ3n) is 4.35. The fraction of sp³-hybridized carbons (Fsp3) is 0.923. The van der Waals surface area contributed by atoms with Gasteiger partial charge in [-0.15, -0.1) is 0 Å². The molecule has 3 N–H and O–H groups in total.